The van der Waals surface area contributed by atoms with Gasteiger partial charge in [0.25, 0.3) is 0 Å². The van der Waals surface area contributed by atoms with Crippen molar-refractivity contribution in [2.75, 3.05) is 13.1 Å². The third-order valence-electron chi connectivity index (χ3n) is 4.98. The Balaban J connectivity index is 1.44. The molecule has 0 saturated heterocycles. The Labute approximate surface area is 160 Å². The molecule has 0 radical (unpaired) electrons. The van der Waals surface area contributed by atoms with Gasteiger partial charge < -0.3 is 5.11 Å². The van der Waals surface area contributed by atoms with Gasteiger partial charge in [-0.2, -0.15) is 5.10 Å². The summed E-state index contributed by atoms with van der Waals surface area (Å²) in [6.45, 7) is 3.72. The van der Waals surface area contributed by atoms with E-state index in [1.807, 2.05) is 36.4 Å². The Morgan fingerprint density at radius 3 is 2.52 bits per heavy atom. The molecule has 0 fully saturated rings. The molecule has 1 aliphatic heterocycles. The summed E-state index contributed by atoms with van der Waals surface area (Å²) in [7, 11) is 0. The van der Waals surface area contributed by atoms with Crippen molar-refractivity contribution in [2.45, 2.75) is 25.6 Å². The van der Waals surface area contributed by atoms with Crippen LogP contribution in [0.4, 0.5) is 0 Å². The van der Waals surface area contributed by atoms with Gasteiger partial charge in [-0.1, -0.05) is 72.8 Å². The number of aromatic nitrogens is 2. The molecule has 1 unspecified atom stereocenters. The number of hydrogen-bond acceptors (Lipinski definition) is 3. The van der Waals surface area contributed by atoms with Crippen LogP contribution in [0, 0.1) is 0 Å². The number of aryl methyl sites for hydroxylation is 1. The second-order valence-corrected chi connectivity index (χ2v) is 7.00. The van der Waals surface area contributed by atoms with Crippen LogP contribution in [0.15, 0.2) is 72.8 Å². The van der Waals surface area contributed by atoms with E-state index in [1.165, 1.54) is 11.3 Å². The van der Waals surface area contributed by atoms with Gasteiger partial charge in [-0.05, 0) is 23.6 Å². The van der Waals surface area contributed by atoms with Crippen molar-refractivity contribution in [3.63, 3.8) is 0 Å². The van der Waals surface area contributed by atoms with Crippen LogP contribution in [0.25, 0.3) is 6.08 Å². The van der Waals surface area contributed by atoms with Gasteiger partial charge in [-0.3, -0.25) is 9.58 Å². The van der Waals surface area contributed by atoms with Crippen molar-refractivity contribution in [2.24, 2.45) is 0 Å². The van der Waals surface area contributed by atoms with E-state index in [0.717, 1.165) is 43.9 Å². The van der Waals surface area contributed by atoms with E-state index in [2.05, 4.69) is 57.2 Å². The number of fused-ring (bicyclic) bond motifs is 1. The van der Waals surface area contributed by atoms with Crippen molar-refractivity contribution in [1.29, 1.82) is 0 Å². The second-order valence-electron chi connectivity index (χ2n) is 7.00. The number of hydrogen-bond donors (Lipinski definition) is 1. The maximum Gasteiger partial charge on any atom is 0.123 e. The second kappa shape index (κ2) is 8.33. The largest absolute Gasteiger partial charge is 0.382 e. The zero-order chi connectivity index (χ0) is 18.5. The van der Waals surface area contributed by atoms with Gasteiger partial charge in [0.15, 0.2) is 0 Å². The zero-order valence-corrected chi connectivity index (χ0v) is 15.4. The van der Waals surface area contributed by atoms with E-state index in [0.29, 0.717) is 0 Å². The van der Waals surface area contributed by atoms with Gasteiger partial charge in [0.1, 0.15) is 6.10 Å². The molecule has 4 heteroatoms. The van der Waals surface area contributed by atoms with Gasteiger partial charge in [0, 0.05) is 26.2 Å². The lowest BCUT2D eigenvalue weighted by Crippen LogP contribution is -2.23. The molecule has 0 bridgehead atoms. The summed E-state index contributed by atoms with van der Waals surface area (Å²) in [4.78, 5) is 2.43. The van der Waals surface area contributed by atoms with Crippen LogP contribution >= 0.6 is 0 Å². The molecule has 0 saturated carbocycles. The van der Waals surface area contributed by atoms with Crippen molar-refractivity contribution < 1.29 is 5.11 Å². The molecular formula is C23H25N3O. The fraction of sp³-hybridized carbons (Fsp3) is 0.261. The third kappa shape index (κ3) is 4.35. The number of rotatable bonds is 5. The molecule has 0 spiro atoms. The average Bonchev–Trinajstić information content (AvgIpc) is 3.01. The molecule has 4 nitrogen and oxygen atoms in total. The van der Waals surface area contributed by atoms with E-state index in [9.17, 15) is 5.11 Å². The van der Waals surface area contributed by atoms with Gasteiger partial charge >= 0.3 is 0 Å². The quantitative estimate of drug-likeness (QED) is 0.751. The van der Waals surface area contributed by atoms with E-state index in [4.69, 9.17) is 0 Å². The molecule has 2 heterocycles. The molecule has 0 amide bonds. The Bertz CT molecular complexity index is 887. The molecule has 1 N–H and O–H groups in total. The number of benzene rings is 2. The number of aliphatic hydroxyl groups excluding tert-OH is 1. The minimum Gasteiger partial charge on any atom is -0.382 e. The smallest absolute Gasteiger partial charge is 0.123 e. The standard InChI is InChI=1S/C23H25N3O/c27-23(20-12-5-2-6-13-20)22-17-21-18-25(15-8-16-26(21)24-22)14-7-11-19-9-3-1-4-10-19/h1-7,9-13,17,23,27H,8,14-16,18H2/b11-7+. The maximum absolute atomic E-state index is 10.6. The SMILES string of the molecule is OC(c1ccccc1)c1cc2n(n1)CCCN(C/C=C/c1ccccc1)C2. The first kappa shape index (κ1) is 17.7. The van der Waals surface area contributed by atoms with Crippen LogP contribution in [0.1, 0.15) is 35.0 Å². The summed E-state index contributed by atoms with van der Waals surface area (Å²) < 4.78 is 2.06. The molecular weight excluding hydrogens is 334 g/mol. The van der Waals surface area contributed by atoms with Gasteiger partial charge in [0.05, 0.1) is 11.4 Å². The highest BCUT2D eigenvalue weighted by Crippen LogP contribution is 2.23. The highest BCUT2D eigenvalue weighted by molar-refractivity contribution is 5.48. The lowest BCUT2D eigenvalue weighted by Gasteiger charge is -2.17. The van der Waals surface area contributed by atoms with Crippen molar-refractivity contribution in [3.8, 4) is 0 Å². The Morgan fingerprint density at radius 1 is 1.00 bits per heavy atom. The summed E-state index contributed by atoms with van der Waals surface area (Å²) in [5, 5.41) is 15.3. The molecule has 0 aliphatic carbocycles. The molecule has 4 rings (SSSR count). The zero-order valence-electron chi connectivity index (χ0n) is 15.4. The summed E-state index contributed by atoms with van der Waals surface area (Å²) in [6, 6.07) is 22.2. The molecule has 138 valence electrons. The van der Waals surface area contributed by atoms with E-state index < -0.39 is 6.10 Å². The molecule has 3 aromatic rings. The number of aliphatic hydroxyl groups is 1. The summed E-state index contributed by atoms with van der Waals surface area (Å²) in [5.41, 5.74) is 4.02. The predicted octanol–water partition coefficient (Wildman–Crippen LogP) is 3.88. The van der Waals surface area contributed by atoms with E-state index >= 15 is 0 Å². The molecule has 27 heavy (non-hydrogen) atoms. The lowest BCUT2D eigenvalue weighted by molar-refractivity contribution is 0.214. The molecule has 1 aliphatic rings. The fourth-order valence-corrected chi connectivity index (χ4v) is 3.55. The molecule has 1 atom stereocenters. The Hall–Kier alpha value is -2.69. The average molecular weight is 359 g/mol. The van der Waals surface area contributed by atoms with Crippen molar-refractivity contribution in [3.05, 3.63) is 95.3 Å². The van der Waals surface area contributed by atoms with Crippen LogP contribution in [-0.2, 0) is 13.1 Å². The monoisotopic (exact) mass is 359 g/mol. The Kier molecular flexibility index (Phi) is 5.47. The minimum absolute atomic E-state index is 0.669. The van der Waals surface area contributed by atoms with Crippen LogP contribution in [0.5, 0.6) is 0 Å². The van der Waals surface area contributed by atoms with Crippen molar-refractivity contribution >= 4 is 6.08 Å². The highest BCUT2D eigenvalue weighted by Gasteiger charge is 2.20. The maximum atomic E-state index is 10.6. The first-order valence-corrected chi connectivity index (χ1v) is 9.53. The topological polar surface area (TPSA) is 41.3 Å². The van der Waals surface area contributed by atoms with E-state index in [1.54, 1.807) is 0 Å². The van der Waals surface area contributed by atoms with Crippen LogP contribution in [0.2, 0.25) is 0 Å². The summed E-state index contributed by atoms with van der Waals surface area (Å²) in [5.74, 6) is 0. The number of nitrogens with zero attached hydrogens (tertiary/aromatic N) is 3. The highest BCUT2D eigenvalue weighted by atomic mass is 16.3. The van der Waals surface area contributed by atoms with Gasteiger partial charge in [-0.15, -0.1) is 0 Å². The van der Waals surface area contributed by atoms with Crippen LogP contribution in [-0.4, -0.2) is 32.9 Å². The van der Waals surface area contributed by atoms with Crippen LogP contribution < -0.4 is 0 Å². The normalized spacial score (nSPS) is 16.2. The Morgan fingerprint density at radius 2 is 1.74 bits per heavy atom. The van der Waals surface area contributed by atoms with Crippen molar-refractivity contribution in [1.82, 2.24) is 14.7 Å². The summed E-state index contributed by atoms with van der Waals surface area (Å²) >= 11 is 0. The first-order valence-electron chi connectivity index (χ1n) is 9.53. The lowest BCUT2D eigenvalue weighted by atomic mass is 10.1. The van der Waals surface area contributed by atoms with Crippen LogP contribution in [0.3, 0.4) is 0 Å². The predicted molar refractivity (Wildman–Crippen MR) is 108 cm³/mol. The third-order valence-corrected chi connectivity index (χ3v) is 4.98. The summed E-state index contributed by atoms with van der Waals surface area (Å²) in [6.07, 6.45) is 4.79. The van der Waals surface area contributed by atoms with E-state index in [-0.39, 0.29) is 0 Å². The molecule has 2 aromatic carbocycles. The first-order chi connectivity index (χ1) is 13.3. The minimum atomic E-state index is -0.669. The van der Waals surface area contributed by atoms with Gasteiger partial charge in [0.2, 0.25) is 0 Å². The molecule has 1 aromatic heterocycles. The fourth-order valence-electron chi connectivity index (χ4n) is 3.55. The van der Waals surface area contributed by atoms with Gasteiger partial charge in [-0.25, -0.2) is 0 Å².